The number of fused-ring (bicyclic) bond motifs is 1. The molecule has 0 N–H and O–H groups in total. The van der Waals surface area contributed by atoms with Crippen LogP contribution in [-0.2, 0) is 7.05 Å². The van der Waals surface area contributed by atoms with E-state index in [1.165, 1.54) is 61.8 Å². The number of nitrogens with zero attached hydrogens (tertiary/aromatic N) is 3. The van der Waals surface area contributed by atoms with Crippen LogP contribution in [0.2, 0.25) is 0 Å². The van der Waals surface area contributed by atoms with Gasteiger partial charge in [0.2, 0.25) is 0 Å². The second kappa shape index (κ2) is 6.19. The van der Waals surface area contributed by atoms with Gasteiger partial charge < -0.3 is 9.47 Å². The number of hydrogen-bond donors (Lipinski definition) is 0. The molecule has 2 aliphatic rings. The summed E-state index contributed by atoms with van der Waals surface area (Å²) in [6, 6.07) is 4.31. The Bertz CT molecular complexity index is 772. The van der Waals surface area contributed by atoms with Crippen molar-refractivity contribution in [2.45, 2.75) is 51.9 Å². The fourth-order valence-corrected chi connectivity index (χ4v) is 4.94. The van der Waals surface area contributed by atoms with Crippen LogP contribution in [0, 0.1) is 11.3 Å². The van der Waals surface area contributed by atoms with E-state index in [2.05, 4.69) is 60.3 Å². The van der Waals surface area contributed by atoms with E-state index >= 15 is 0 Å². The van der Waals surface area contributed by atoms with Crippen LogP contribution < -0.4 is 0 Å². The molecule has 3 nitrogen and oxygen atoms in total. The molecule has 4 rings (SSSR count). The molecule has 1 spiro atoms. The smallest absolute Gasteiger partial charge is 0.139 e. The fourth-order valence-electron chi connectivity index (χ4n) is 4.94. The van der Waals surface area contributed by atoms with Gasteiger partial charge in [-0.15, -0.1) is 0 Å². The molecular weight excluding hydrogens is 306 g/mol. The molecule has 2 aromatic rings. The third kappa shape index (κ3) is 2.78. The molecule has 1 atom stereocenters. The maximum atomic E-state index is 4.55. The van der Waals surface area contributed by atoms with Gasteiger partial charge in [0, 0.05) is 49.0 Å². The molecule has 25 heavy (non-hydrogen) atoms. The molecule has 0 bridgehead atoms. The first-order valence-corrected chi connectivity index (χ1v) is 9.87. The summed E-state index contributed by atoms with van der Waals surface area (Å²) in [4.78, 5) is 7.09. The van der Waals surface area contributed by atoms with E-state index in [9.17, 15) is 0 Å². The Labute approximate surface area is 151 Å². The largest absolute Gasteiger partial charge is 0.374 e. The molecule has 134 valence electrons. The van der Waals surface area contributed by atoms with Crippen LogP contribution in [0.5, 0.6) is 0 Å². The Morgan fingerprint density at radius 2 is 2.08 bits per heavy atom. The number of likely N-dealkylation sites (tertiary alicyclic amines) is 1. The summed E-state index contributed by atoms with van der Waals surface area (Å²) < 4.78 is 2.19. The number of aryl methyl sites for hydroxylation is 1. The normalized spacial score (nSPS) is 21.5. The van der Waals surface area contributed by atoms with Crippen LogP contribution in [0.15, 0.2) is 36.8 Å². The minimum atomic E-state index is 0.565. The zero-order valence-corrected chi connectivity index (χ0v) is 16.0. The molecule has 1 unspecified atom stereocenters. The maximum Gasteiger partial charge on any atom is 0.139 e. The summed E-state index contributed by atoms with van der Waals surface area (Å²) >= 11 is 0. The van der Waals surface area contributed by atoms with Crippen molar-refractivity contribution in [3.8, 4) is 0 Å². The van der Waals surface area contributed by atoms with Crippen molar-refractivity contribution in [3.63, 3.8) is 0 Å². The van der Waals surface area contributed by atoms with E-state index in [-0.39, 0.29) is 0 Å². The summed E-state index contributed by atoms with van der Waals surface area (Å²) in [6.07, 6.45) is 10.8. The molecular formula is C22H31N3. The molecule has 0 aromatic carbocycles. The summed E-state index contributed by atoms with van der Waals surface area (Å²) in [6.45, 7) is 11.4. The van der Waals surface area contributed by atoms with Crippen molar-refractivity contribution in [1.29, 1.82) is 0 Å². The SMILES string of the molecule is C=C(C(C)CC)N1CC2(CCC(c3cn(C)c4ncccc34)CC2)C1. The van der Waals surface area contributed by atoms with Crippen LogP contribution in [0.25, 0.3) is 11.0 Å². The Morgan fingerprint density at radius 1 is 1.36 bits per heavy atom. The van der Waals surface area contributed by atoms with Crippen LogP contribution >= 0.6 is 0 Å². The first kappa shape index (κ1) is 16.7. The highest BCUT2D eigenvalue weighted by Gasteiger charge is 2.46. The van der Waals surface area contributed by atoms with Gasteiger partial charge in [-0.05, 0) is 61.6 Å². The second-order valence-corrected chi connectivity index (χ2v) is 8.50. The topological polar surface area (TPSA) is 21.1 Å². The Morgan fingerprint density at radius 3 is 2.76 bits per heavy atom. The van der Waals surface area contributed by atoms with E-state index < -0.39 is 0 Å². The first-order valence-electron chi connectivity index (χ1n) is 9.87. The highest BCUT2D eigenvalue weighted by atomic mass is 15.2. The number of rotatable bonds is 4. The molecule has 3 heterocycles. The first-order chi connectivity index (χ1) is 12.0. The number of aromatic nitrogens is 2. The van der Waals surface area contributed by atoms with Gasteiger partial charge in [-0.2, -0.15) is 0 Å². The molecule has 1 aliphatic carbocycles. The summed E-state index contributed by atoms with van der Waals surface area (Å²) in [7, 11) is 2.12. The van der Waals surface area contributed by atoms with Crippen LogP contribution in [0.3, 0.4) is 0 Å². The monoisotopic (exact) mass is 337 g/mol. The van der Waals surface area contributed by atoms with Gasteiger partial charge in [-0.3, -0.25) is 0 Å². The summed E-state index contributed by atoms with van der Waals surface area (Å²) in [5.41, 5.74) is 4.56. The van der Waals surface area contributed by atoms with Crippen molar-refractivity contribution < 1.29 is 0 Å². The lowest BCUT2D eigenvalue weighted by molar-refractivity contribution is -0.0141. The minimum Gasteiger partial charge on any atom is -0.374 e. The molecule has 3 heteroatoms. The second-order valence-electron chi connectivity index (χ2n) is 8.50. The number of hydrogen-bond acceptors (Lipinski definition) is 2. The lowest BCUT2D eigenvalue weighted by Crippen LogP contribution is -2.57. The van der Waals surface area contributed by atoms with Crippen molar-refractivity contribution >= 4 is 11.0 Å². The number of allylic oxidation sites excluding steroid dienone is 1. The molecule has 0 amide bonds. The molecule has 2 fully saturated rings. The van der Waals surface area contributed by atoms with Crippen LogP contribution in [0.1, 0.15) is 57.4 Å². The standard InChI is InChI=1S/C22H31N3/c1-5-16(2)17(3)25-14-22(15-25)10-8-18(9-11-22)20-13-24(4)21-19(20)7-6-12-23-21/h6-7,12-13,16,18H,3,5,8-11,14-15H2,1-2,4H3. The molecule has 1 aliphatic heterocycles. The highest BCUT2D eigenvalue weighted by Crippen LogP contribution is 2.50. The van der Waals surface area contributed by atoms with Crippen LogP contribution in [0.4, 0.5) is 0 Å². The zero-order chi connectivity index (χ0) is 17.6. The van der Waals surface area contributed by atoms with E-state index in [1.807, 2.05) is 6.20 Å². The highest BCUT2D eigenvalue weighted by molar-refractivity contribution is 5.80. The average molecular weight is 338 g/mol. The molecule has 1 saturated heterocycles. The lowest BCUT2D eigenvalue weighted by atomic mass is 9.64. The molecule has 2 aromatic heterocycles. The maximum absolute atomic E-state index is 4.55. The third-order valence-corrected chi connectivity index (χ3v) is 6.89. The van der Waals surface area contributed by atoms with Gasteiger partial charge in [0.25, 0.3) is 0 Å². The Kier molecular flexibility index (Phi) is 4.13. The minimum absolute atomic E-state index is 0.565. The zero-order valence-electron chi connectivity index (χ0n) is 16.0. The Hall–Kier alpha value is -1.77. The number of pyridine rings is 1. The van der Waals surface area contributed by atoms with Gasteiger partial charge in [0.1, 0.15) is 5.65 Å². The lowest BCUT2D eigenvalue weighted by Gasteiger charge is -2.56. The predicted octanol–water partition coefficient (Wildman–Crippen LogP) is 5.09. The van der Waals surface area contributed by atoms with E-state index in [4.69, 9.17) is 0 Å². The van der Waals surface area contributed by atoms with Gasteiger partial charge in [0.05, 0.1) is 0 Å². The third-order valence-electron chi connectivity index (χ3n) is 6.89. The van der Waals surface area contributed by atoms with Crippen molar-refractivity contribution in [2.75, 3.05) is 13.1 Å². The van der Waals surface area contributed by atoms with E-state index in [0.717, 1.165) is 5.65 Å². The molecule has 1 saturated carbocycles. The van der Waals surface area contributed by atoms with Crippen LogP contribution in [-0.4, -0.2) is 27.5 Å². The Balaban J connectivity index is 1.42. The fraction of sp³-hybridized carbons (Fsp3) is 0.591. The quantitative estimate of drug-likeness (QED) is 0.774. The van der Waals surface area contributed by atoms with Gasteiger partial charge in [0.15, 0.2) is 0 Å². The van der Waals surface area contributed by atoms with Crippen molar-refractivity contribution in [3.05, 3.63) is 42.4 Å². The van der Waals surface area contributed by atoms with E-state index in [1.54, 1.807) is 0 Å². The summed E-state index contributed by atoms with van der Waals surface area (Å²) in [5.74, 6) is 1.32. The van der Waals surface area contributed by atoms with Crippen molar-refractivity contribution in [2.24, 2.45) is 18.4 Å². The van der Waals surface area contributed by atoms with Gasteiger partial charge in [-0.1, -0.05) is 20.4 Å². The van der Waals surface area contributed by atoms with Gasteiger partial charge in [-0.25, -0.2) is 4.98 Å². The van der Waals surface area contributed by atoms with E-state index in [0.29, 0.717) is 17.3 Å². The predicted molar refractivity (Wildman–Crippen MR) is 105 cm³/mol. The molecule has 0 radical (unpaired) electrons. The average Bonchev–Trinajstić information content (AvgIpc) is 2.96. The van der Waals surface area contributed by atoms with Crippen molar-refractivity contribution in [1.82, 2.24) is 14.5 Å². The van der Waals surface area contributed by atoms with Gasteiger partial charge >= 0.3 is 0 Å². The summed E-state index contributed by atoms with van der Waals surface area (Å²) in [5, 5.41) is 1.35.